The number of likely N-dealkylation sites (tertiary alicyclic amines) is 1. The number of amides is 2. The maximum Gasteiger partial charge on any atom is 0.254 e. The molecule has 2 saturated heterocycles. The quantitative estimate of drug-likeness (QED) is 0.889. The van der Waals surface area contributed by atoms with Crippen molar-refractivity contribution in [2.75, 3.05) is 6.54 Å². The maximum absolute atomic E-state index is 13.0. The second-order valence-corrected chi connectivity index (χ2v) is 8.15. The number of hydrogen-bond donors (Lipinski definition) is 1. The van der Waals surface area contributed by atoms with Gasteiger partial charge >= 0.3 is 0 Å². The van der Waals surface area contributed by atoms with Crippen molar-refractivity contribution in [1.29, 1.82) is 0 Å². The van der Waals surface area contributed by atoms with Gasteiger partial charge in [0.05, 0.1) is 6.54 Å². The van der Waals surface area contributed by atoms with Crippen LogP contribution < -0.4 is 5.32 Å². The van der Waals surface area contributed by atoms with Crippen LogP contribution in [0.15, 0.2) is 30.3 Å². The predicted octanol–water partition coefficient (Wildman–Crippen LogP) is 1.95. The molecule has 0 unspecified atom stereocenters. The summed E-state index contributed by atoms with van der Waals surface area (Å²) in [5, 5.41) is 2.97. The van der Waals surface area contributed by atoms with Crippen molar-refractivity contribution in [1.82, 2.24) is 10.2 Å². The Hall–Kier alpha value is -1.92. The number of nitrogens with zero attached hydrogens (tertiary/aromatic N) is 1. The van der Waals surface area contributed by atoms with Crippen molar-refractivity contribution >= 4 is 11.8 Å². The topological polar surface area (TPSA) is 67.9 Å². The summed E-state index contributed by atoms with van der Waals surface area (Å²) in [6.07, 6.45) is -0.775. The number of ether oxygens (including phenoxy) is 2. The number of rotatable bonds is 2. The highest BCUT2D eigenvalue weighted by atomic mass is 16.8. The third-order valence-electron chi connectivity index (χ3n) is 4.29. The first-order valence-electron chi connectivity index (χ1n) is 8.61. The molecule has 2 fully saturated rings. The van der Waals surface area contributed by atoms with E-state index in [1.807, 2.05) is 52.8 Å². The summed E-state index contributed by atoms with van der Waals surface area (Å²) in [6, 6.07) is 8.27. The molecular weight excluding hydrogens is 320 g/mol. The number of hydrogen-bond acceptors (Lipinski definition) is 4. The van der Waals surface area contributed by atoms with Gasteiger partial charge in [0.15, 0.2) is 5.79 Å². The van der Waals surface area contributed by atoms with E-state index >= 15 is 0 Å². The Morgan fingerprint density at radius 3 is 2.40 bits per heavy atom. The summed E-state index contributed by atoms with van der Waals surface area (Å²) in [6.45, 7) is 9.73. The largest absolute Gasteiger partial charge is 0.350 e. The Morgan fingerprint density at radius 1 is 1.16 bits per heavy atom. The lowest BCUT2D eigenvalue weighted by Gasteiger charge is -2.31. The highest BCUT2D eigenvalue weighted by Gasteiger charge is 2.56. The van der Waals surface area contributed by atoms with Gasteiger partial charge in [-0.05, 0) is 46.8 Å². The number of carbonyl (C=O) groups is 2. The van der Waals surface area contributed by atoms with Crippen LogP contribution in [0.2, 0.25) is 0 Å². The average Bonchev–Trinajstić information content (AvgIpc) is 2.97. The van der Waals surface area contributed by atoms with E-state index in [-0.39, 0.29) is 17.9 Å². The summed E-state index contributed by atoms with van der Waals surface area (Å²) in [7, 11) is 0. The van der Waals surface area contributed by atoms with Crippen LogP contribution in [0.4, 0.5) is 0 Å². The molecule has 2 aliphatic heterocycles. The smallest absolute Gasteiger partial charge is 0.254 e. The van der Waals surface area contributed by atoms with Crippen LogP contribution >= 0.6 is 0 Å². The van der Waals surface area contributed by atoms with Gasteiger partial charge in [0.25, 0.3) is 5.91 Å². The molecule has 136 valence electrons. The van der Waals surface area contributed by atoms with E-state index in [4.69, 9.17) is 9.47 Å². The van der Waals surface area contributed by atoms with Gasteiger partial charge in [0.1, 0.15) is 18.2 Å². The van der Waals surface area contributed by atoms with Crippen molar-refractivity contribution in [3.63, 3.8) is 0 Å². The molecule has 25 heavy (non-hydrogen) atoms. The number of nitrogens with one attached hydrogen (secondary N) is 1. The Morgan fingerprint density at radius 2 is 1.80 bits per heavy atom. The van der Waals surface area contributed by atoms with Gasteiger partial charge < -0.3 is 19.7 Å². The number of benzene rings is 1. The summed E-state index contributed by atoms with van der Waals surface area (Å²) < 4.78 is 11.9. The van der Waals surface area contributed by atoms with E-state index in [1.165, 1.54) is 0 Å². The summed E-state index contributed by atoms with van der Waals surface area (Å²) in [5.41, 5.74) is 0.154. The summed E-state index contributed by atoms with van der Waals surface area (Å²) in [4.78, 5) is 27.4. The molecule has 6 heteroatoms. The lowest BCUT2D eigenvalue weighted by atomic mass is 10.1. The zero-order valence-corrected chi connectivity index (χ0v) is 15.4. The maximum atomic E-state index is 13.0. The van der Waals surface area contributed by atoms with Crippen molar-refractivity contribution in [3.05, 3.63) is 35.9 Å². The van der Waals surface area contributed by atoms with Gasteiger partial charge in [-0.3, -0.25) is 9.59 Å². The van der Waals surface area contributed by atoms with E-state index in [0.717, 1.165) is 0 Å². The summed E-state index contributed by atoms with van der Waals surface area (Å²) in [5.74, 6) is -1.16. The molecule has 2 aliphatic rings. The minimum Gasteiger partial charge on any atom is -0.350 e. The molecule has 1 N–H and O–H groups in total. The monoisotopic (exact) mass is 346 g/mol. The van der Waals surface area contributed by atoms with Crippen LogP contribution in [-0.2, 0) is 14.3 Å². The van der Waals surface area contributed by atoms with Crippen LogP contribution in [0.1, 0.15) is 45.0 Å². The fourth-order valence-electron chi connectivity index (χ4n) is 3.45. The zero-order valence-electron chi connectivity index (χ0n) is 15.4. The van der Waals surface area contributed by atoms with E-state index in [1.54, 1.807) is 17.0 Å². The second-order valence-electron chi connectivity index (χ2n) is 8.15. The predicted molar refractivity (Wildman–Crippen MR) is 93.0 cm³/mol. The standard InChI is InChI=1S/C19H26N2O4/c1-18(2,3)20-16(22)14-15-13(24-19(4,5)25-15)11-21(14)17(23)12-9-7-6-8-10-12/h6-10,13-15H,11H2,1-5H3,(H,20,22)/t13-,14-,15-/m0/s1. The first-order valence-corrected chi connectivity index (χ1v) is 8.61. The molecule has 3 atom stereocenters. The average molecular weight is 346 g/mol. The molecule has 0 bridgehead atoms. The third kappa shape index (κ3) is 3.70. The molecule has 0 spiro atoms. The van der Waals surface area contributed by atoms with Crippen LogP contribution in [-0.4, -0.2) is 52.8 Å². The molecule has 0 aliphatic carbocycles. The Kier molecular flexibility index (Phi) is 4.37. The Balaban J connectivity index is 1.89. The molecule has 2 amide bonds. The molecule has 3 rings (SSSR count). The Labute approximate surface area is 148 Å². The van der Waals surface area contributed by atoms with Gasteiger partial charge in [-0.15, -0.1) is 0 Å². The fraction of sp³-hybridized carbons (Fsp3) is 0.579. The van der Waals surface area contributed by atoms with Crippen LogP contribution in [0, 0.1) is 0 Å². The Bertz CT molecular complexity index is 666. The first kappa shape index (κ1) is 17.9. The molecule has 1 aromatic rings. The van der Waals surface area contributed by atoms with Gasteiger partial charge in [-0.2, -0.15) is 0 Å². The molecule has 0 saturated carbocycles. The van der Waals surface area contributed by atoms with Crippen molar-refractivity contribution in [2.24, 2.45) is 0 Å². The molecule has 6 nitrogen and oxygen atoms in total. The molecule has 0 aromatic heterocycles. The van der Waals surface area contributed by atoms with Gasteiger partial charge in [0, 0.05) is 11.1 Å². The normalized spacial score (nSPS) is 27.9. The lowest BCUT2D eigenvalue weighted by Crippen LogP contribution is -2.55. The highest BCUT2D eigenvalue weighted by Crippen LogP contribution is 2.37. The van der Waals surface area contributed by atoms with Gasteiger partial charge in [-0.1, -0.05) is 18.2 Å². The van der Waals surface area contributed by atoms with E-state index in [0.29, 0.717) is 12.1 Å². The number of carbonyl (C=O) groups excluding carboxylic acids is 2. The van der Waals surface area contributed by atoms with Crippen LogP contribution in [0.25, 0.3) is 0 Å². The minimum atomic E-state index is -0.752. The molecular formula is C19H26N2O4. The first-order chi connectivity index (χ1) is 11.6. The van der Waals surface area contributed by atoms with Crippen molar-refractivity contribution in [3.8, 4) is 0 Å². The molecule has 0 radical (unpaired) electrons. The summed E-state index contributed by atoms with van der Waals surface area (Å²) >= 11 is 0. The third-order valence-corrected chi connectivity index (χ3v) is 4.29. The number of fused-ring (bicyclic) bond motifs is 1. The minimum absolute atomic E-state index is 0.186. The van der Waals surface area contributed by atoms with Crippen molar-refractivity contribution in [2.45, 2.75) is 64.2 Å². The van der Waals surface area contributed by atoms with E-state index in [9.17, 15) is 9.59 Å². The van der Waals surface area contributed by atoms with Gasteiger partial charge in [0.2, 0.25) is 5.91 Å². The zero-order chi connectivity index (χ0) is 18.4. The van der Waals surface area contributed by atoms with Crippen LogP contribution in [0.3, 0.4) is 0 Å². The van der Waals surface area contributed by atoms with E-state index < -0.39 is 23.5 Å². The highest BCUT2D eigenvalue weighted by molar-refractivity contribution is 5.98. The molecule has 2 heterocycles. The second kappa shape index (κ2) is 6.11. The van der Waals surface area contributed by atoms with E-state index in [2.05, 4.69) is 5.32 Å². The fourth-order valence-corrected chi connectivity index (χ4v) is 3.45. The molecule has 1 aromatic carbocycles. The van der Waals surface area contributed by atoms with Crippen LogP contribution in [0.5, 0.6) is 0 Å². The lowest BCUT2D eigenvalue weighted by molar-refractivity contribution is -0.162. The van der Waals surface area contributed by atoms with Gasteiger partial charge in [-0.25, -0.2) is 0 Å². The SMILES string of the molecule is CC(C)(C)NC(=O)[C@@H]1[C@H]2OC(C)(C)O[C@H]2CN1C(=O)c1ccccc1. The van der Waals surface area contributed by atoms with Crippen molar-refractivity contribution < 1.29 is 19.1 Å².